The number of aliphatic imine (C=N–C) groups is 1. The summed E-state index contributed by atoms with van der Waals surface area (Å²) in [6, 6.07) is 5.69. The second-order valence-corrected chi connectivity index (χ2v) is 8.16. The standard InChI is InChI=1S/C17H28N4O4S/c1-18-17(19-8-10-21-9-5-11-26(21,22)23)20(2)13-14-6-7-15(24-3)12-16(14)25-4/h6-7,12H,5,8-11,13H2,1-4H3,(H,18,19). The molecule has 2 rings (SSSR count). The average Bonchev–Trinajstić information content (AvgIpc) is 2.97. The summed E-state index contributed by atoms with van der Waals surface area (Å²) in [4.78, 5) is 6.23. The molecule has 0 bridgehead atoms. The molecule has 1 N–H and O–H groups in total. The van der Waals surface area contributed by atoms with Gasteiger partial charge in [0.1, 0.15) is 11.5 Å². The van der Waals surface area contributed by atoms with Crippen LogP contribution in [-0.2, 0) is 16.6 Å². The highest BCUT2D eigenvalue weighted by molar-refractivity contribution is 7.89. The van der Waals surface area contributed by atoms with E-state index in [-0.39, 0.29) is 5.75 Å². The monoisotopic (exact) mass is 384 g/mol. The number of sulfonamides is 1. The number of methoxy groups -OCH3 is 2. The van der Waals surface area contributed by atoms with Gasteiger partial charge >= 0.3 is 0 Å². The van der Waals surface area contributed by atoms with Gasteiger partial charge in [0, 0.05) is 51.9 Å². The van der Waals surface area contributed by atoms with Crippen LogP contribution in [-0.4, -0.2) is 77.3 Å². The Morgan fingerprint density at radius 3 is 2.69 bits per heavy atom. The van der Waals surface area contributed by atoms with Crippen LogP contribution >= 0.6 is 0 Å². The van der Waals surface area contributed by atoms with Crippen molar-refractivity contribution in [2.45, 2.75) is 13.0 Å². The minimum atomic E-state index is -3.06. The van der Waals surface area contributed by atoms with E-state index < -0.39 is 10.0 Å². The van der Waals surface area contributed by atoms with Gasteiger partial charge in [-0.25, -0.2) is 12.7 Å². The lowest BCUT2D eigenvalue weighted by Crippen LogP contribution is -2.42. The van der Waals surface area contributed by atoms with Crippen LogP contribution in [0.3, 0.4) is 0 Å². The lowest BCUT2D eigenvalue weighted by atomic mass is 10.2. The smallest absolute Gasteiger partial charge is 0.214 e. The summed E-state index contributed by atoms with van der Waals surface area (Å²) in [6.45, 7) is 2.15. The summed E-state index contributed by atoms with van der Waals surface area (Å²) in [5, 5.41) is 3.22. The third kappa shape index (κ3) is 5.01. The summed E-state index contributed by atoms with van der Waals surface area (Å²) in [5.41, 5.74) is 1.00. The van der Waals surface area contributed by atoms with Crippen LogP contribution < -0.4 is 14.8 Å². The maximum absolute atomic E-state index is 11.8. The second-order valence-electron chi connectivity index (χ2n) is 6.08. The molecule has 26 heavy (non-hydrogen) atoms. The summed E-state index contributed by atoms with van der Waals surface area (Å²) in [7, 11) is 3.81. The van der Waals surface area contributed by atoms with Gasteiger partial charge in [0.2, 0.25) is 10.0 Å². The molecule has 1 fully saturated rings. The van der Waals surface area contributed by atoms with E-state index in [0.29, 0.717) is 38.6 Å². The third-order valence-corrected chi connectivity index (χ3v) is 6.28. The highest BCUT2D eigenvalue weighted by Crippen LogP contribution is 2.25. The van der Waals surface area contributed by atoms with Crippen LogP contribution in [0.4, 0.5) is 0 Å². The minimum Gasteiger partial charge on any atom is -0.497 e. The number of nitrogens with one attached hydrogen (secondary N) is 1. The van der Waals surface area contributed by atoms with E-state index in [1.54, 1.807) is 21.3 Å². The van der Waals surface area contributed by atoms with Gasteiger partial charge in [-0.2, -0.15) is 0 Å². The molecular formula is C17H28N4O4S. The second kappa shape index (κ2) is 9.09. The molecule has 0 atom stereocenters. The van der Waals surface area contributed by atoms with Gasteiger partial charge in [0.25, 0.3) is 0 Å². The summed E-state index contributed by atoms with van der Waals surface area (Å²) in [5.74, 6) is 2.43. The molecule has 0 aliphatic carbocycles. The van der Waals surface area contributed by atoms with Gasteiger partial charge < -0.3 is 19.7 Å². The predicted octanol–water partition coefficient (Wildman–Crippen LogP) is 0.747. The van der Waals surface area contributed by atoms with Crippen molar-refractivity contribution in [2.75, 3.05) is 53.7 Å². The van der Waals surface area contributed by atoms with Crippen LogP contribution in [0, 0.1) is 0 Å². The van der Waals surface area contributed by atoms with Crippen LogP contribution in [0.1, 0.15) is 12.0 Å². The Labute approximate surface area is 155 Å². The van der Waals surface area contributed by atoms with Crippen molar-refractivity contribution in [1.82, 2.24) is 14.5 Å². The third-order valence-electron chi connectivity index (χ3n) is 4.32. The van der Waals surface area contributed by atoms with Crippen molar-refractivity contribution in [1.29, 1.82) is 0 Å². The molecule has 1 heterocycles. The van der Waals surface area contributed by atoms with Crippen LogP contribution in [0.15, 0.2) is 23.2 Å². The largest absolute Gasteiger partial charge is 0.497 e. The number of hydrogen-bond acceptors (Lipinski definition) is 5. The van der Waals surface area contributed by atoms with E-state index in [4.69, 9.17) is 9.47 Å². The number of nitrogens with zero attached hydrogens (tertiary/aromatic N) is 3. The first-order chi connectivity index (χ1) is 12.4. The molecule has 9 heteroatoms. The van der Waals surface area contributed by atoms with Crippen molar-refractivity contribution in [3.63, 3.8) is 0 Å². The maximum atomic E-state index is 11.8. The zero-order chi connectivity index (χ0) is 19.2. The molecule has 1 saturated heterocycles. The first kappa shape index (κ1) is 20.3. The van der Waals surface area contributed by atoms with Crippen molar-refractivity contribution >= 4 is 16.0 Å². The normalized spacial score (nSPS) is 17.2. The Hall–Kier alpha value is -2.00. The lowest BCUT2D eigenvalue weighted by Gasteiger charge is -2.24. The molecule has 0 spiro atoms. The van der Waals surface area contributed by atoms with Gasteiger partial charge in [0.15, 0.2) is 5.96 Å². The van der Waals surface area contributed by atoms with Crippen molar-refractivity contribution in [3.05, 3.63) is 23.8 Å². The molecule has 1 aliphatic rings. The van der Waals surface area contributed by atoms with Gasteiger partial charge in [-0.05, 0) is 18.6 Å². The van der Waals surface area contributed by atoms with E-state index in [0.717, 1.165) is 17.1 Å². The number of rotatable bonds is 7. The predicted molar refractivity (Wildman–Crippen MR) is 102 cm³/mol. The van der Waals surface area contributed by atoms with E-state index in [1.165, 1.54) is 4.31 Å². The summed E-state index contributed by atoms with van der Waals surface area (Å²) in [6.07, 6.45) is 0.703. The fourth-order valence-electron chi connectivity index (χ4n) is 2.93. The molecule has 0 amide bonds. The Morgan fingerprint density at radius 1 is 1.35 bits per heavy atom. The highest BCUT2D eigenvalue weighted by atomic mass is 32.2. The molecule has 1 aromatic carbocycles. The van der Waals surface area contributed by atoms with Crippen molar-refractivity contribution in [2.24, 2.45) is 4.99 Å². The van der Waals surface area contributed by atoms with Crippen LogP contribution in [0.5, 0.6) is 11.5 Å². The number of ether oxygens (including phenoxy) is 2. The molecule has 0 radical (unpaired) electrons. The van der Waals surface area contributed by atoms with Crippen LogP contribution in [0.2, 0.25) is 0 Å². The van der Waals surface area contributed by atoms with E-state index in [1.807, 2.05) is 30.1 Å². The Morgan fingerprint density at radius 2 is 2.12 bits per heavy atom. The molecule has 8 nitrogen and oxygen atoms in total. The van der Waals surface area contributed by atoms with Gasteiger partial charge in [0.05, 0.1) is 20.0 Å². The van der Waals surface area contributed by atoms with Gasteiger partial charge in [-0.3, -0.25) is 4.99 Å². The first-order valence-corrected chi connectivity index (χ1v) is 10.1. The van der Waals surface area contributed by atoms with Crippen molar-refractivity contribution < 1.29 is 17.9 Å². The number of guanidine groups is 1. The van der Waals surface area contributed by atoms with E-state index >= 15 is 0 Å². The topological polar surface area (TPSA) is 83.5 Å². The molecule has 0 unspecified atom stereocenters. The van der Waals surface area contributed by atoms with E-state index in [9.17, 15) is 8.42 Å². The van der Waals surface area contributed by atoms with Crippen LogP contribution in [0.25, 0.3) is 0 Å². The molecule has 0 saturated carbocycles. The SMILES string of the molecule is CN=C(NCCN1CCCS1(=O)=O)N(C)Cc1ccc(OC)cc1OC. The summed E-state index contributed by atoms with van der Waals surface area (Å²) >= 11 is 0. The highest BCUT2D eigenvalue weighted by Gasteiger charge is 2.27. The zero-order valence-corrected chi connectivity index (χ0v) is 16.7. The quantitative estimate of drug-likeness (QED) is 0.552. The van der Waals surface area contributed by atoms with Gasteiger partial charge in [-0.1, -0.05) is 0 Å². The Bertz CT molecular complexity index is 736. The first-order valence-electron chi connectivity index (χ1n) is 8.51. The molecule has 0 aromatic heterocycles. The average molecular weight is 385 g/mol. The Balaban J connectivity index is 1.93. The fraction of sp³-hybridized carbons (Fsp3) is 0.588. The minimum absolute atomic E-state index is 0.249. The van der Waals surface area contributed by atoms with Crippen molar-refractivity contribution in [3.8, 4) is 11.5 Å². The van der Waals surface area contributed by atoms with Gasteiger partial charge in [-0.15, -0.1) is 0 Å². The number of hydrogen-bond donors (Lipinski definition) is 1. The molecule has 146 valence electrons. The molecule has 1 aromatic rings. The fourth-order valence-corrected chi connectivity index (χ4v) is 4.46. The molecular weight excluding hydrogens is 356 g/mol. The summed E-state index contributed by atoms with van der Waals surface area (Å²) < 4.78 is 35.9. The Kier molecular flexibility index (Phi) is 7.10. The molecule has 1 aliphatic heterocycles. The lowest BCUT2D eigenvalue weighted by molar-refractivity contribution is 0.382. The number of benzene rings is 1. The van der Waals surface area contributed by atoms with E-state index in [2.05, 4.69) is 10.3 Å². The zero-order valence-electron chi connectivity index (χ0n) is 15.9. The maximum Gasteiger partial charge on any atom is 0.214 e.